The molecular formula is C14H11BrN2O4. The van der Waals surface area contributed by atoms with Gasteiger partial charge in [0.25, 0.3) is 5.91 Å². The molecule has 108 valence electrons. The number of ether oxygens (including phenoxy) is 2. The van der Waals surface area contributed by atoms with Gasteiger partial charge in [-0.1, -0.05) is 0 Å². The molecule has 0 fully saturated rings. The monoisotopic (exact) mass is 350 g/mol. The van der Waals surface area contributed by atoms with E-state index in [2.05, 4.69) is 26.5 Å². The van der Waals surface area contributed by atoms with Crippen molar-refractivity contribution >= 4 is 28.1 Å². The number of carbonyl (C=O) groups is 1. The summed E-state index contributed by atoms with van der Waals surface area (Å²) in [5.41, 5.74) is 3.67. The van der Waals surface area contributed by atoms with Crippen molar-refractivity contribution in [1.29, 1.82) is 0 Å². The van der Waals surface area contributed by atoms with Crippen LogP contribution >= 0.6 is 15.9 Å². The second-order valence-corrected chi connectivity index (χ2v) is 5.17. The van der Waals surface area contributed by atoms with Gasteiger partial charge in [-0.2, -0.15) is 5.10 Å². The SMILES string of the molecule is Cc1occc1C(=O)NN=Cc1cc2c(cc1Br)OCO2. The van der Waals surface area contributed by atoms with E-state index < -0.39 is 0 Å². The van der Waals surface area contributed by atoms with Gasteiger partial charge >= 0.3 is 0 Å². The largest absolute Gasteiger partial charge is 0.469 e. The summed E-state index contributed by atoms with van der Waals surface area (Å²) < 4.78 is 16.4. The molecule has 3 rings (SSSR count). The zero-order chi connectivity index (χ0) is 14.8. The molecule has 2 aromatic rings. The fourth-order valence-corrected chi connectivity index (χ4v) is 2.30. The summed E-state index contributed by atoms with van der Waals surface area (Å²) in [7, 11) is 0. The lowest BCUT2D eigenvalue weighted by molar-refractivity contribution is 0.0953. The highest BCUT2D eigenvalue weighted by molar-refractivity contribution is 9.10. The van der Waals surface area contributed by atoms with Crippen LogP contribution in [0.1, 0.15) is 21.7 Å². The summed E-state index contributed by atoms with van der Waals surface area (Å²) in [4.78, 5) is 11.8. The highest BCUT2D eigenvalue weighted by Gasteiger charge is 2.15. The zero-order valence-corrected chi connectivity index (χ0v) is 12.6. The van der Waals surface area contributed by atoms with Crippen molar-refractivity contribution in [3.63, 3.8) is 0 Å². The van der Waals surface area contributed by atoms with Crippen LogP contribution in [0.25, 0.3) is 0 Å². The molecule has 1 amide bonds. The van der Waals surface area contributed by atoms with Crippen molar-refractivity contribution < 1.29 is 18.7 Å². The number of hydrogen-bond donors (Lipinski definition) is 1. The Hall–Kier alpha value is -2.28. The first-order valence-electron chi connectivity index (χ1n) is 6.12. The number of carbonyl (C=O) groups excluding carboxylic acids is 1. The zero-order valence-electron chi connectivity index (χ0n) is 11.1. The number of aryl methyl sites for hydroxylation is 1. The number of rotatable bonds is 3. The molecule has 1 aromatic carbocycles. The number of halogens is 1. The molecule has 1 aliphatic rings. The molecule has 0 saturated heterocycles. The number of nitrogens with one attached hydrogen (secondary N) is 1. The van der Waals surface area contributed by atoms with E-state index in [0.29, 0.717) is 22.8 Å². The maximum Gasteiger partial charge on any atom is 0.274 e. The van der Waals surface area contributed by atoms with E-state index in [0.717, 1.165) is 10.0 Å². The summed E-state index contributed by atoms with van der Waals surface area (Å²) >= 11 is 3.41. The number of benzene rings is 1. The van der Waals surface area contributed by atoms with E-state index in [4.69, 9.17) is 13.9 Å². The fourth-order valence-electron chi connectivity index (χ4n) is 1.87. The smallest absolute Gasteiger partial charge is 0.274 e. The van der Waals surface area contributed by atoms with E-state index in [-0.39, 0.29) is 12.7 Å². The first-order valence-corrected chi connectivity index (χ1v) is 6.91. The Morgan fingerprint density at radius 3 is 2.86 bits per heavy atom. The van der Waals surface area contributed by atoms with Crippen LogP contribution < -0.4 is 14.9 Å². The Balaban J connectivity index is 1.72. The van der Waals surface area contributed by atoms with Crippen LogP contribution in [0.2, 0.25) is 0 Å². The van der Waals surface area contributed by atoms with Crippen molar-refractivity contribution in [3.05, 3.63) is 45.8 Å². The van der Waals surface area contributed by atoms with Crippen LogP contribution in [-0.2, 0) is 0 Å². The summed E-state index contributed by atoms with van der Waals surface area (Å²) in [6, 6.07) is 5.17. The molecule has 6 nitrogen and oxygen atoms in total. The molecule has 1 aliphatic heterocycles. The van der Waals surface area contributed by atoms with E-state index in [1.807, 2.05) is 0 Å². The van der Waals surface area contributed by atoms with Gasteiger partial charge in [0.1, 0.15) is 5.76 Å². The predicted octanol–water partition coefficient (Wildman–Crippen LogP) is 2.84. The second kappa shape index (κ2) is 5.61. The number of fused-ring (bicyclic) bond motifs is 1. The predicted molar refractivity (Wildman–Crippen MR) is 78.8 cm³/mol. The van der Waals surface area contributed by atoms with Crippen LogP contribution in [0.3, 0.4) is 0 Å². The minimum Gasteiger partial charge on any atom is -0.469 e. The Bertz CT molecular complexity index is 724. The molecule has 0 saturated carbocycles. The second-order valence-electron chi connectivity index (χ2n) is 4.32. The number of furan rings is 1. The van der Waals surface area contributed by atoms with Crippen molar-refractivity contribution in [3.8, 4) is 11.5 Å². The number of amides is 1. The third-order valence-electron chi connectivity index (χ3n) is 2.97. The first-order chi connectivity index (χ1) is 10.1. The van der Waals surface area contributed by atoms with Crippen LogP contribution in [0.15, 0.2) is 38.5 Å². The van der Waals surface area contributed by atoms with Gasteiger partial charge in [0.15, 0.2) is 11.5 Å². The molecule has 0 radical (unpaired) electrons. The molecule has 21 heavy (non-hydrogen) atoms. The van der Waals surface area contributed by atoms with E-state index in [1.165, 1.54) is 12.5 Å². The number of nitrogens with zero attached hydrogens (tertiary/aromatic N) is 1. The maximum absolute atomic E-state index is 11.8. The third-order valence-corrected chi connectivity index (χ3v) is 3.65. The fraction of sp³-hybridized carbons (Fsp3) is 0.143. The van der Waals surface area contributed by atoms with Gasteiger partial charge in [0, 0.05) is 10.0 Å². The summed E-state index contributed by atoms with van der Waals surface area (Å²) in [6.07, 6.45) is 2.99. The molecule has 0 unspecified atom stereocenters. The minimum absolute atomic E-state index is 0.207. The molecule has 0 spiro atoms. The highest BCUT2D eigenvalue weighted by atomic mass is 79.9. The number of hydrogen-bond acceptors (Lipinski definition) is 5. The molecule has 7 heteroatoms. The van der Waals surface area contributed by atoms with Crippen molar-refractivity contribution in [2.75, 3.05) is 6.79 Å². The molecule has 1 aromatic heterocycles. The Morgan fingerprint density at radius 2 is 2.14 bits per heavy atom. The maximum atomic E-state index is 11.8. The molecule has 2 heterocycles. The Kier molecular flexibility index (Phi) is 3.66. The normalized spacial score (nSPS) is 12.9. The Morgan fingerprint density at radius 1 is 1.38 bits per heavy atom. The quantitative estimate of drug-likeness (QED) is 0.682. The number of hydrazone groups is 1. The molecule has 0 atom stereocenters. The summed E-state index contributed by atoms with van der Waals surface area (Å²) in [5.74, 6) is 1.55. The molecular weight excluding hydrogens is 340 g/mol. The summed E-state index contributed by atoms with van der Waals surface area (Å²) in [5, 5.41) is 3.93. The van der Waals surface area contributed by atoms with E-state index in [9.17, 15) is 4.79 Å². The van der Waals surface area contributed by atoms with Gasteiger partial charge in [0.2, 0.25) is 6.79 Å². The standard InChI is InChI=1S/C14H11BrN2O4/c1-8-10(2-3-19-8)14(18)17-16-6-9-4-12-13(5-11(9)15)21-7-20-12/h2-6H,7H2,1H3,(H,17,18). The van der Waals surface area contributed by atoms with Crippen LogP contribution in [-0.4, -0.2) is 18.9 Å². The Labute approximate surface area is 128 Å². The van der Waals surface area contributed by atoms with Crippen molar-refractivity contribution in [2.45, 2.75) is 6.92 Å². The average molecular weight is 351 g/mol. The van der Waals surface area contributed by atoms with E-state index in [1.54, 1.807) is 25.1 Å². The molecule has 1 N–H and O–H groups in total. The van der Waals surface area contributed by atoms with Gasteiger partial charge in [-0.25, -0.2) is 5.43 Å². The van der Waals surface area contributed by atoms with Gasteiger partial charge in [-0.3, -0.25) is 4.79 Å². The van der Waals surface area contributed by atoms with Gasteiger partial charge in [-0.15, -0.1) is 0 Å². The molecule has 0 bridgehead atoms. The average Bonchev–Trinajstić information content (AvgIpc) is 3.07. The van der Waals surface area contributed by atoms with Gasteiger partial charge < -0.3 is 13.9 Å². The van der Waals surface area contributed by atoms with E-state index >= 15 is 0 Å². The molecule has 0 aliphatic carbocycles. The topological polar surface area (TPSA) is 73.1 Å². The van der Waals surface area contributed by atoms with Crippen molar-refractivity contribution in [1.82, 2.24) is 5.43 Å². The summed E-state index contributed by atoms with van der Waals surface area (Å²) in [6.45, 7) is 1.92. The third kappa shape index (κ3) is 2.78. The lowest BCUT2D eigenvalue weighted by Gasteiger charge is -2.02. The first kappa shape index (κ1) is 13.7. The van der Waals surface area contributed by atoms with Crippen LogP contribution in [0.5, 0.6) is 11.5 Å². The lowest BCUT2D eigenvalue weighted by atomic mass is 10.2. The van der Waals surface area contributed by atoms with Gasteiger partial charge in [0.05, 0.1) is 18.0 Å². The van der Waals surface area contributed by atoms with Gasteiger partial charge in [-0.05, 0) is 41.1 Å². The minimum atomic E-state index is -0.325. The van der Waals surface area contributed by atoms with Crippen LogP contribution in [0, 0.1) is 6.92 Å². The highest BCUT2D eigenvalue weighted by Crippen LogP contribution is 2.36. The van der Waals surface area contributed by atoms with Crippen molar-refractivity contribution in [2.24, 2.45) is 5.10 Å². The van der Waals surface area contributed by atoms with Crippen LogP contribution in [0.4, 0.5) is 0 Å². The lowest BCUT2D eigenvalue weighted by Crippen LogP contribution is -2.17.